The Morgan fingerprint density at radius 2 is 0.788 bits per heavy atom. The van der Waals surface area contributed by atoms with Gasteiger partial charge in [-0.05, 0) is 36.1 Å². The van der Waals surface area contributed by atoms with Gasteiger partial charge in [0.15, 0.2) is 0 Å². The molecule has 2 spiro atoms. The van der Waals surface area contributed by atoms with E-state index in [1.54, 1.807) is 0 Å². The molecule has 2 aromatic rings. The first-order chi connectivity index (χ1) is 24.5. The SMILES string of the molecule is Cn1c([O-])c(C=CC=CC=C2C(=O)OC3(CCC4(CC3)OC(=O)C(=C/C=C/C=C/c3c([O-])n(C)c(=O)n(C)c3=O)C(=O)O4)OC2=O)c(=O)n(C)c1=O. The molecule has 272 valence electrons. The van der Waals surface area contributed by atoms with Crippen LogP contribution >= 0.6 is 0 Å². The molecule has 18 heteroatoms. The van der Waals surface area contributed by atoms with Gasteiger partial charge >= 0.3 is 35.3 Å². The van der Waals surface area contributed by atoms with Crippen molar-refractivity contribution in [3.63, 3.8) is 0 Å². The van der Waals surface area contributed by atoms with Crippen LogP contribution in [-0.2, 0) is 66.3 Å². The maximum Gasteiger partial charge on any atom is 0.348 e. The van der Waals surface area contributed by atoms with Gasteiger partial charge in [-0.3, -0.25) is 18.7 Å². The number of rotatable bonds is 6. The van der Waals surface area contributed by atoms with Gasteiger partial charge in [0.2, 0.25) is 0 Å². The number of ether oxygens (including phenoxy) is 4. The van der Waals surface area contributed by atoms with Crippen molar-refractivity contribution in [1.82, 2.24) is 18.3 Å². The molecule has 52 heavy (non-hydrogen) atoms. The molecule has 0 aromatic carbocycles. The van der Waals surface area contributed by atoms with Gasteiger partial charge in [-0.15, -0.1) is 0 Å². The standard InChI is InChI=1S/C34H32N4O14/c1-35-23(39)19(24(40)36(2)31(35)47)11-7-5-9-13-21-27(43)49-33(50-28(21)44)15-17-34(18-16-33)51-29(45)22(30(46)52-34)14-10-6-8-12-20-25(41)37(3)32(48)38(4)26(20)42/h5-14,39,41H,15-18H2,1-4H3/p-2/b9-5+,10-6?,11-7+,12-8?,21-13?,22-14?. The molecule has 0 radical (unpaired) electrons. The van der Waals surface area contributed by atoms with Crippen molar-refractivity contribution >= 4 is 36.0 Å². The molecule has 2 aliphatic heterocycles. The van der Waals surface area contributed by atoms with Crippen molar-refractivity contribution in [2.24, 2.45) is 28.2 Å². The Bertz CT molecular complexity index is 2130. The van der Waals surface area contributed by atoms with Crippen LogP contribution in [0.15, 0.2) is 78.9 Å². The van der Waals surface area contributed by atoms with Crippen LogP contribution in [0, 0.1) is 0 Å². The van der Waals surface area contributed by atoms with E-state index in [-0.39, 0.29) is 36.8 Å². The van der Waals surface area contributed by atoms with Gasteiger partial charge in [-0.2, -0.15) is 0 Å². The molecule has 0 unspecified atom stereocenters. The number of carbonyl (C=O) groups excluding carboxylic acids is 4. The first kappa shape index (κ1) is 36.6. The summed E-state index contributed by atoms with van der Waals surface area (Å²) in [6.45, 7) is 0. The fourth-order valence-corrected chi connectivity index (χ4v) is 5.52. The van der Waals surface area contributed by atoms with E-state index in [2.05, 4.69) is 0 Å². The number of allylic oxidation sites excluding steroid dienone is 8. The zero-order valence-corrected chi connectivity index (χ0v) is 28.1. The van der Waals surface area contributed by atoms with E-state index in [4.69, 9.17) is 18.9 Å². The van der Waals surface area contributed by atoms with Gasteiger partial charge in [0.1, 0.15) is 11.1 Å². The maximum absolute atomic E-state index is 12.8. The summed E-state index contributed by atoms with van der Waals surface area (Å²) in [6.07, 6.45) is 11.7. The zero-order chi connectivity index (χ0) is 38.1. The van der Waals surface area contributed by atoms with Crippen LogP contribution in [0.1, 0.15) is 36.8 Å². The second kappa shape index (κ2) is 13.9. The second-order valence-corrected chi connectivity index (χ2v) is 11.9. The predicted octanol–water partition coefficient (Wildman–Crippen LogP) is -1.51. The fourth-order valence-electron chi connectivity index (χ4n) is 5.52. The lowest BCUT2D eigenvalue weighted by atomic mass is 9.87. The Labute approximate surface area is 292 Å². The van der Waals surface area contributed by atoms with Gasteiger partial charge in [0.05, 0.1) is 0 Å². The maximum atomic E-state index is 12.8. The van der Waals surface area contributed by atoms with E-state index in [1.165, 1.54) is 76.8 Å². The topological polar surface area (TPSA) is 239 Å². The summed E-state index contributed by atoms with van der Waals surface area (Å²) in [4.78, 5) is 99.3. The molecule has 0 atom stereocenters. The molecule has 4 heterocycles. The highest BCUT2D eigenvalue weighted by molar-refractivity contribution is 6.16. The summed E-state index contributed by atoms with van der Waals surface area (Å²) in [5.41, 5.74) is -4.57. The first-order valence-corrected chi connectivity index (χ1v) is 15.5. The first-order valence-electron chi connectivity index (χ1n) is 15.5. The average molecular weight is 719 g/mol. The third-order valence-corrected chi connectivity index (χ3v) is 8.55. The molecule has 0 N–H and O–H groups in total. The molecule has 3 aliphatic rings. The predicted molar refractivity (Wildman–Crippen MR) is 174 cm³/mol. The zero-order valence-electron chi connectivity index (χ0n) is 28.1. The molecule has 2 saturated heterocycles. The monoisotopic (exact) mass is 718 g/mol. The molecule has 3 fully saturated rings. The molecule has 0 bridgehead atoms. The number of carbonyl (C=O) groups is 4. The minimum absolute atomic E-state index is 0.168. The second-order valence-electron chi connectivity index (χ2n) is 11.9. The van der Waals surface area contributed by atoms with Crippen molar-refractivity contribution in [3.05, 3.63) is 113 Å². The van der Waals surface area contributed by atoms with Crippen LogP contribution in [0.2, 0.25) is 0 Å². The van der Waals surface area contributed by atoms with Crippen molar-refractivity contribution in [1.29, 1.82) is 0 Å². The van der Waals surface area contributed by atoms with E-state index in [1.807, 2.05) is 0 Å². The number of esters is 4. The van der Waals surface area contributed by atoms with Crippen molar-refractivity contribution in [2.45, 2.75) is 37.3 Å². The number of aromatic nitrogens is 4. The molecule has 18 nitrogen and oxygen atoms in total. The highest BCUT2D eigenvalue weighted by Gasteiger charge is 2.56. The van der Waals surface area contributed by atoms with Crippen LogP contribution < -0.4 is 32.7 Å². The summed E-state index contributed by atoms with van der Waals surface area (Å²) in [7, 11) is 4.91. The van der Waals surface area contributed by atoms with Gasteiger partial charge in [0.25, 0.3) is 22.7 Å². The van der Waals surface area contributed by atoms with Gasteiger partial charge in [-0.25, -0.2) is 28.8 Å². The van der Waals surface area contributed by atoms with E-state index in [0.29, 0.717) is 0 Å². The summed E-state index contributed by atoms with van der Waals surface area (Å²) >= 11 is 0. The van der Waals surface area contributed by atoms with Crippen molar-refractivity contribution in [3.8, 4) is 11.8 Å². The lowest BCUT2D eigenvalue weighted by molar-refractivity contribution is -0.291. The smallest absolute Gasteiger partial charge is 0.348 e. The Morgan fingerprint density at radius 3 is 1.10 bits per heavy atom. The lowest BCUT2D eigenvalue weighted by Gasteiger charge is -2.45. The van der Waals surface area contributed by atoms with Crippen LogP contribution in [0.4, 0.5) is 0 Å². The lowest BCUT2D eigenvalue weighted by Crippen LogP contribution is -2.56. The summed E-state index contributed by atoms with van der Waals surface area (Å²) in [6, 6.07) is 0. The summed E-state index contributed by atoms with van der Waals surface area (Å²) < 4.78 is 24.9. The van der Waals surface area contributed by atoms with Crippen molar-refractivity contribution < 1.29 is 48.3 Å². The molecule has 0 amide bonds. The largest absolute Gasteiger partial charge is 0.859 e. The highest BCUT2D eigenvalue weighted by Crippen LogP contribution is 2.45. The third kappa shape index (κ3) is 6.72. The van der Waals surface area contributed by atoms with Gasteiger partial charge < -0.3 is 38.3 Å². The van der Waals surface area contributed by atoms with E-state index >= 15 is 0 Å². The highest BCUT2D eigenvalue weighted by atomic mass is 16.8. The van der Waals surface area contributed by atoms with Gasteiger partial charge in [0, 0.05) is 65.0 Å². The fraction of sp³-hybridized carbons (Fsp3) is 0.294. The van der Waals surface area contributed by atoms with Crippen LogP contribution in [0.25, 0.3) is 12.2 Å². The average Bonchev–Trinajstić information content (AvgIpc) is 3.10. The number of hydrogen-bond donors (Lipinski definition) is 0. The quantitative estimate of drug-likeness (QED) is 0.143. The summed E-state index contributed by atoms with van der Waals surface area (Å²) in [5, 5.41) is 24.5. The minimum Gasteiger partial charge on any atom is -0.859 e. The van der Waals surface area contributed by atoms with Crippen LogP contribution in [0.5, 0.6) is 11.8 Å². The van der Waals surface area contributed by atoms with Gasteiger partial charge in [-0.1, -0.05) is 36.5 Å². The summed E-state index contributed by atoms with van der Waals surface area (Å²) in [5.74, 6) is -8.98. The Balaban J connectivity index is 1.18. The third-order valence-electron chi connectivity index (χ3n) is 8.55. The van der Waals surface area contributed by atoms with Crippen LogP contribution in [-0.4, -0.2) is 53.7 Å². The number of hydrogen-bond acceptors (Lipinski definition) is 14. The van der Waals surface area contributed by atoms with E-state index < -0.39 is 80.9 Å². The van der Waals surface area contributed by atoms with E-state index in [0.717, 1.165) is 30.4 Å². The van der Waals surface area contributed by atoms with Crippen molar-refractivity contribution in [2.75, 3.05) is 0 Å². The molecular formula is C34H30N4O14-2. The number of nitrogens with zero attached hydrogens (tertiary/aromatic N) is 4. The molecular weight excluding hydrogens is 688 g/mol. The Kier molecular flexibility index (Phi) is 9.76. The molecule has 1 saturated carbocycles. The van der Waals surface area contributed by atoms with Crippen LogP contribution in [0.3, 0.4) is 0 Å². The van der Waals surface area contributed by atoms with E-state index in [9.17, 15) is 48.6 Å². The normalized spacial score (nSPS) is 22.2. The molecule has 5 rings (SSSR count). The Morgan fingerprint density at radius 1 is 0.481 bits per heavy atom. The minimum atomic E-state index is -1.70. The molecule has 1 aliphatic carbocycles. The Hall–Kier alpha value is -6.72. The molecule has 2 aromatic heterocycles.